The summed E-state index contributed by atoms with van der Waals surface area (Å²) in [5.74, 6) is -0.665. The van der Waals surface area contributed by atoms with Crippen molar-refractivity contribution in [1.29, 1.82) is 0 Å². The van der Waals surface area contributed by atoms with E-state index in [-0.39, 0.29) is 11.7 Å². The van der Waals surface area contributed by atoms with Crippen molar-refractivity contribution >= 4 is 11.6 Å². The molecule has 0 unspecified atom stereocenters. The maximum atomic E-state index is 13.4. The van der Waals surface area contributed by atoms with Gasteiger partial charge in [-0.05, 0) is 48.7 Å². The van der Waals surface area contributed by atoms with E-state index in [4.69, 9.17) is 0 Å². The van der Waals surface area contributed by atoms with Crippen LogP contribution in [0.1, 0.15) is 28.4 Å². The second-order valence-corrected chi connectivity index (χ2v) is 4.47. The molecule has 0 aliphatic heterocycles. The van der Waals surface area contributed by atoms with Crippen molar-refractivity contribution < 1.29 is 9.18 Å². The van der Waals surface area contributed by atoms with Crippen molar-refractivity contribution in [2.24, 2.45) is 0 Å². The van der Waals surface area contributed by atoms with Crippen molar-refractivity contribution in [1.82, 2.24) is 0 Å². The molecule has 0 aromatic heterocycles. The van der Waals surface area contributed by atoms with Gasteiger partial charge >= 0.3 is 0 Å². The molecule has 98 valence electrons. The van der Waals surface area contributed by atoms with E-state index >= 15 is 0 Å². The van der Waals surface area contributed by atoms with Crippen LogP contribution in [0.5, 0.6) is 0 Å². The lowest BCUT2D eigenvalue weighted by molar-refractivity contribution is 0.102. The lowest BCUT2D eigenvalue weighted by Crippen LogP contribution is -2.12. The van der Waals surface area contributed by atoms with Gasteiger partial charge in [-0.25, -0.2) is 4.39 Å². The highest BCUT2D eigenvalue weighted by Crippen LogP contribution is 2.14. The van der Waals surface area contributed by atoms with Crippen LogP contribution < -0.4 is 5.32 Å². The van der Waals surface area contributed by atoms with Crippen LogP contribution in [0.3, 0.4) is 0 Å². The lowest BCUT2D eigenvalue weighted by Gasteiger charge is -2.07. The molecule has 0 saturated carbocycles. The average molecular weight is 257 g/mol. The Labute approximate surface area is 112 Å². The maximum absolute atomic E-state index is 13.4. The molecule has 3 heteroatoms. The van der Waals surface area contributed by atoms with Gasteiger partial charge < -0.3 is 5.32 Å². The quantitative estimate of drug-likeness (QED) is 0.886. The first-order valence-corrected chi connectivity index (χ1v) is 6.26. The summed E-state index contributed by atoms with van der Waals surface area (Å²) in [5, 5.41) is 2.77. The molecule has 0 radical (unpaired) electrons. The van der Waals surface area contributed by atoms with Gasteiger partial charge in [0.2, 0.25) is 0 Å². The minimum atomic E-state index is -0.366. The van der Waals surface area contributed by atoms with Crippen LogP contribution in [0, 0.1) is 12.7 Å². The normalized spacial score (nSPS) is 10.3. The number of hydrogen-bond donors (Lipinski definition) is 1. The molecule has 2 rings (SSSR count). The van der Waals surface area contributed by atoms with E-state index < -0.39 is 0 Å². The van der Waals surface area contributed by atoms with Crippen LogP contribution in [-0.4, -0.2) is 5.91 Å². The molecule has 0 saturated heterocycles. The number of benzene rings is 2. The maximum Gasteiger partial charge on any atom is 0.255 e. The second-order valence-electron chi connectivity index (χ2n) is 4.47. The smallest absolute Gasteiger partial charge is 0.255 e. The monoisotopic (exact) mass is 257 g/mol. The first-order chi connectivity index (χ1) is 9.10. The third kappa shape index (κ3) is 3.19. The summed E-state index contributed by atoms with van der Waals surface area (Å²) in [4.78, 5) is 12.0. The molecule has 19 heavy (non-hydrogen) atoms. The lowest BCUT2D eigenvalue weighted by atomic mass is 10.1. The molecule has 0 heterocycles. The number of anilines is 1. The number of aryl methyl sites for hydroxylation is 2. The Morgan fingerprint density at radius 3 is 2.68 bits per heavy atom. The minimum absolute atomic E-state index is 0.299. The summed E-state index contributed by atoms with van der Waals surface area (Å²) in [6.45, 7) is 3.72. The first kappa shape index (κ1) is 13.3. The topological polar surface area (TPSA) is 29.1 Å². The molecular formula is C16H16FNO. The molecule has 0 bridgehead atoms. The van der Waals surface area contributed by atoms with Crippen LogP contribution in [-0.2, 0) is 6.42 Å². The van der Waals surface area contributed by atoms with Gasteiger partial charge in [0.05, 0.1) is 0 Å². The van der Waals surface area contributed by atoms with E-state index in [2.05, 4.69) is 12.2 Å². The average Bonchev–Trinajstić information content (AvgIpc) is 2.42. The minimum Gasteiger partial charge on any atom is -0.322 e. The van der Waals surface area contributed by atoms with Crippen LogP contribution in [0.25, 0.3) is 0 Å². The standard InChI is InChI=1S/C16H16FNO/c1-3-12-5-4-6-14(9-12)18-16(19)13-8-7-11(2)15(17)10-13/h4-10H,3H2,1-2H3,(H,18,19). The van der Waals surface area contributed by atoms with E-state index in [1.807, 2.05) is 24.3 Å². The molecule has 0 fully saturated rings. The number of nitrogens with one attached hydrogen (secondary N) is 1. The first-order valence-electron chi connectivity index (χ1n) is 6.26. The predicted molar refractivity (Wildman–Crippen MR) is 74.9 cm³/mol. The molecule has 2 aromatic rings. The molecule has 0 aliphatic rings. The molecule has 1 amide bonds. The third-order valence-corrected chi connectivity index (χ3v) is 3.03. The van der Waals surface area contributed by atoms with E-state index in [1.54, 1.807) is 19.1 Å². The van der Waals surface area contributed by atoms with Gasteiger partial charge in [-0.3, -0.25) is 4.79 Å². The van der Waals surface area contributed by atoms with E-state index in [0.29, 0.717) is 11.1 Å². The number of hydrogen-bond acceptors (Lipinski definition) is 1. The zero-order valence-electron chi connectivity index (χ0n) is 11.0. The number of halogens is 1. The Hall–Kier alpha value is -2.16. The summed E-state index contributed by atoms with van der Waals surface area (Å²) >= 11 is 0. The van der Waals surface area contributed by atoms with Crippen LogP contribution in [0.15, 0.2) is 42.5 Å². The van der Waals surface area contributed by atoms with Crippen molar-refractivity contribution in [2.45, 2.75) is 20.3 Å². The van der Waals surface area contributed by atoms with Gasteiger partial charge in [0, 0.05) is 11.3 Å². The summed E-state index contributed by atoms with van der Waals surface area (Å²) in [6, 6.07) is 12.1. The van der Waals surface area contributed by atoms with Gasteiger partial charge in [-0.15, -0.1) is 0 Å². The molecule has 0 aliphatic carbocycles. The molecule has 0 spiro atoms. The largest absolute Gasteiger partial charge is 0.322 e. The summed E-state index contributed by atoms with van der Waals surface area (Å²) in [7, 11) is 0. The Bertz CT molecular complexity index is 607. The highest BCUT2D eigenvalue weighted by molar-refractivity contribution is 6.04. The zero-order valence-corrected chi connectivity index (χ0v) is 11.0. The van der Waals surface area contributed by atoms with Crippen LogP contribution in [0.4, 0.5) is 10.1 Å². The van der Waals surface area contributed by atoms with Gasteiger partial charge in [-0.2, -0.15) is 0 Å². The van der Waals surface area contributed by atoms with Crippen molar-refractivity contribution in [2.75, 3.05) is 5.32 Å². The molecule has 2 aromatic carbocycles. The molecular weight excluding hydrogens is 241 g/mol. The van der Waals surface area contributed by atoms with Crippen LogP contribution >= 0.6 is 0 Å². The summed E-state index contributed by atoms with van der Waals surface area (Å²) in [5.41, 5.74) is 2.73. The fraction of sp³-hybridized carbons (Fsp3) is 0.188. The van der Waals surface area contributed by atoms with Crippen molar-refractivity contribution in [3.8, 4) is 0 Å². The van der Waals surface area contributed by atoms with E-state index in [0.717, 1.165) is 17.7 Å². The SMILES string of the molecule is CCc1cccc(NC(=O)c2ccc(C)c(F)c2)c1. The number of rotatable bonds is 3. The predicted octanol–water partition coefficient (Wildman–Crippen LogP) is 3.95. The highest BCUT2D eigenvalue weighted by atomic mass is 19.1. The Kier molecular flexibility index (Phi) is 3.95. The zero-order chi connectivity index (χ0) is 13.8. The second kappa shape index (κ2) is 5.65. The third-order valence-electron chi connectivity index (χ3n) is 3.03. The van der Waals surface area contributed by atoms with Gasteiger partial charge in [0.15, 0.2) is 0 Å². The summed E-state index contributed by atoms with van der Waals surface area (Å²) in [6.07, 6.45) is 0.906. The number of carbonyl (C=O) groups is 1. The Balaban J connectivity index is 2.18. The fourth-order valence-corrected chi connectivity index (χ4v) is 1.81. The molecule has 2 nitrogen and oxygen atoms in total. The van der Waals surface area contributed by atoms with Crippen LogP contribution in [0.2, 0.25) is 0 Å². The Morgan fingerprint density at radius 1 is 1.21 bits per heavy atom. The molecule has 1 N–H and O–H groups in total. The number of amides is 1. The van der Waals surface area contributed by atoms with Crippen molar-refractivity contribution in [3.05, 3.63) is 65.0 Å². The van der Waals surface area contributed by atoms with E-state index in [1.165, 1.54) is 6.07 Å². The fourth-order valence-electron chi connectivity index (χ4n) is 1.81. The van der Waals surface area contributed by atoms with Gasteiger partial charge in [-0.1, -0.05) is 25.1 Å². The number of carbonyl (C=O) groups excluding carboxylic acids is 1. The molecule has 0 atom stereocenters. The highest BCUT2D eigenvalue weighted by Gasteiger charge is 2.08. The summed E-state index contributed by atoms with van der Waals surface area (Å²) < 4.78 is 13.4. The van der Waals surface area contributed by atoms with Gasteiger partial charge in [0.1, 0.15) is 5.82 Å². The van der Waals surface area contributed by atoms with Gasteiger partial charge in [0.25, 0.3) is 5.91 Å². The van der Waals surface area contributed by atoms with E-state index in [9.17, 15) is 9.18 Å². The van der Waals surface area contributed by atoms with Crippen molar-refractivity contribution in [3.63, 3.8) is 0 Å². The Morgan fingerprint density at radius 2 is 2.00 bits per heavy atom.